The van der Waals surface area contributed by atoms with E-state index in [4.69, 9.17) is 26.0 Å². The zero-order chi connectivity index (χ0) is 26.4. The molecule has 0 radical (unpaired) electrons. The van der Waals surface area contributed by atoms with Crippen molar-refractivity contribution in [1.82, 2.24) is 14.7 Å². The summed E-state index contributed by atoms with van der Waals surface area (Å²) in [5.74, 6) is -0.163. The quantitative estimate of drug-likeness (QED) is 0.212. The van der Waals surface area contributed by atoms with Gasteiger partial charge < -0.3 is 23.8 Å². The summed E-state index contributed by atoms with van der Waals surface area (Å²) in [7, 11) is 0. The fourth-order valence-corrected chi connectivity index (χ4v) is 4.70. The maximum Gasteiger partial charge on any atom is 0.329 e. The lowest BCUT2D eigenvalue weighted by Crippen LogP contribution is -2.20. The molecule has 2 aromatic carbocycles. The number of nitrogens with zero attached hydrogens (tertiary/aromatic N) is 4. The third-order valence-corrected chi connectivity index (χ3v) is 6.55. The third-order valence-electron chi connectivity index (χ3n) is 6.24. The Labute approximate surface area is 221 Å². The molecule has 4 aromatic rings. The van der Waals surface area contributed by atoms with Crippen LogP contribution in [-0.4, -0.2) is 45.5 Å². The summed E-state index contributed by atoms with van der Waals surface area (Å²) in [5, 5.41) is 13.5. The van der Waals surface area contributed by atoms with Crippen LogP contribution in [0.15, 0.2) is 59.6 Å². The van der Waals surface area contributed by atoms with E-state index in [1.807, 2.05) is 36.7 Å². The van der Waals surface area contributed by atoms with Crippen LogP contribution in [0.3, 0.4) is 0 Å². The van der Waals surface area contributed by atoms with Crippen LogP contribution < -0.4 is 4.90 Å². The number of aryl methyl sites for hydroxylation is 3. The van der Waals surface area contributed by atoms with E-state index in [-0.39, 0.29) is 6.61 Å². The van der Waals surface area contributed by atoms with E-state index in [2.05, 4.69) is 46.2 Å². The van der Waals surface area contributed by atoms with Gasteiger partial charge in [0, 0.05) is 42.5 Å². The Morgan fingerprint density at radius 3 is 2.65 bits per heavy atom. The number of halogens is 1. The lowest BCUT2D eigenvalue weighted by atomic mass is 10.0. The SMILES string of the molecule is Cc1ccc(-c2c(C)noc2C)cc1N(CCCCCOCC(=O)O)c1ccc(-n2ccnc2)c(Cl)c1. The summed E-state index contributed by atoms with van der Waals surface area (Å²) in [6, 6.07) is 12.4. The second kappa shape index (κ2) is 12.1. The number of hydrogen-bond donors (Lipinski definition) is 1. The number of ether oxygens (including phenoxy) is 1. The molecule has 2 heterocycles. The first-order valence-electron chi connectivity index (χ1n) is 12.2. The number of anilines is 2. The molecule has 0 amide bonds. The summed E-state index contributed by atoms with van der Waals surface area (Å²) in [5.41, 5.74) is 6.96. The average molecular weight is 523 g/mol. The van der Waals surface area contributed by atoms with Gasteiger partial charge >= 0.3 is 5.97 Å². The Balaban J connectivity index is 1.62. The number of carbonyl (C=O) groups is 1. The van der Waals surface area contributed by atoms with Crippen molar-refractivity contribution in [3.63, 3.8) is 0 Å². The first-order chi connectivity index (χ1) is 17.8. The molecule has 0 bridgehead atoms. The predicted octanol–water partition coefficient (Wildman–Crippen LogP) is 6.52. The third kappa shape index (κ3) is 6.39. The van der Waals surface area contributed by atoms with Gasteiger partial charge in [-0.2, -0.15) is 0 Å². The first-order valence-corrected chi connectivity index (χ1v) is 12.6. The minimum atomic E-state index is -0.948. The molecule has 8 nitrogen and oxygen atoms in total. The van der Waals surface area contributed by atoms with Crippen LogP contribution in [0.1, 0.15) is 36.3 Å². The van der Waals surface area contributed by atoms with Crippen LogP contribution >= 0.6 is 11.6 Å². The molecule has 2 aromatic heterocycles. The van der Waals surface area contributed by atoms with Gasteiger partial charge in [-0.05, 0) is 75.4 Å². The van der Waals surface area contributed by atoms with Crippen molar-refractivity contribution >= 4 is 28.9 Å². The first kappa shape index (κ1) is 26.4. The molecule has 0 aliphatic heterocycles. The molecule has 9 heteroatoms. The van der Waals surface area contributed by atoms with E-state index in [0.29, 0.717) is 11.6 Å². The van der Waals surface area contributed by atoms with E-state index < -0.39 is 5.97 Å². The van der Waals surface area contributed by atoms with Gasteiger partial charge in [-0.3, -0.25) is 0 Å². The van der Waals surface area contributed by atoms with Gasteiger partial charge in [-0.25, -0.2) is 9.78 Å². The maximum atomic E-state index is 10.6. The molecule has 0 spiro atoms. The summed E-state index contributed by atoms with van der Waals surface area (Å²) in [6.45, 7) is 6.89. The van der Waals surface area contributed by atoms with E-state index >= 15 is 0 Å². The number of imidazole rings is 1. The molecule has 4 rings (SSSR count). The number of carboxylic acids is 1. The highest BCUT2D eigenvalue weighted by molar-refractivity contribution is 6.32. The number of rotatable bonds is 12. The number of hydrogen-bond acceptors (Lipinski definition) is 6. The van der Waals surface area contributed by atoms with E-state index in [1.165, 1.54) is 0 Å². The second-order valence-electron chi connectivity index (χ2n) is 8.96. The topological polar surface area (TPSA) is 93.6 Å². The summed E-state index contributed by atoms with van der Waals surface area (Å²) >= 11 is 6.73. The number of aliphatic carboxylic acids is 1. The molecular formula is C28H31ClN4O4. The second-order valence-corrected chi connectivity index (χ2v) is 9.37. The van der Waals surface area contributed by atoms with E-state index in [1.54, 1.807) is 12.5 Å². The number of benzene rings is 2. The monoisotopic (exact) mass is 522 g/mol. The molecule has 0 unspecified atom stereocenters. The minimum absolute atomic E-state index is 0.262. The molecule has 0 aliphatic carbocycles. The lowest BCUT2D eigenvalue weighted by Gasteiger charge is -2.28. The standard InChI is InChI=1S/C28H31ClN4O4/c1-19-7-8-22(28-20(2)31-37-21(28)3)15-26(19)33(12-5-4-6-14-36-17-27(34)35)23-9-10-25(24(29)16-23)32-13-11-30-18-32/h7-11,13,15-16,18H,4-6,12,14,17H2,1-3H3,(H,34,35). The maximum absolute atomic E-state index is 10.6. The number of unbranched alkanes of at least 4 members (excludes halogenated alkanes) is 2. The van der Waals surface area contributed by atoms with Crippen LogP contribution in [0, 0.1) is 20.8 Å². The van der Waals surface area contributed by atoms with Crippen molar-refractivity contribution in [3.05, 3.63) is 77.2 Å². The van der Waals surface area contributed by atoms with Crippen molar-refractivity contribution in [2.45, 2.75) is 40.0 Å². The Bertz CT molecular complexity index is 1330. The van der Waals surface area contributed by atoms with Gasteiger partial charge in [0.15, 0.2) is 0 Å². The molecule has 1 N–H and O–H groups in total. The molecule has 37 heavy (non-hydrogen) atoms. The summed E-state index contributed by atoms with van der Waals surface area (Å²) in [4.78, 5) is 17.0. The van der Waals surface area contributed by atoms with Gasteiger partial charge in [0.2, 0.25) is 0 Å². The zero-order valence-corrected chi connectivity index (χ0v) is 22.0. The van der Waals surface area contributed by atoms with Crippen LogP contribution in [-0.2, 0) is 9.53 Å². The summed E-state index contributed by atoms with van der Waals surface area (Å²) in [6.07, 6.45) is 7.90. The van der Waals surface area contributed by atoms with Crippen LogP contribution in [0.25, 0.3) is 16.8 Å². The van der Waals surface area contributed by atoms with Crippen molar-refractivity contribution in [2.75, 3.05) is 24.7 Å². The highest BCUT2D eigenvalue weighted by Crippen LogP contribution is 2.37. The lowest BCUT2D eigenvalue weighted by molar-refractivity contribution is -0.142. The number of aromatic nitrogens is 3. The molecule has 0 saturated heterocycles. The van der Waals surface area contributed by atoms with Crippen molar-refractivity contribution in [3.8, 4) is 16.8 Å². The normalized spacial score (nSPS) is 11.1. The molecule has 0 fully saturated rings. The van der Waals surface area contributed by atoms with Crippen LogP contribution in [0.5, 0.6) is 0 Å². The van der Waals surface area contributed by atoms with Crippen molar-refractivity contribution < 1.29 is 19.2 Å². The molecule has 0 atom stereocenters. The molecular weight excluding hydrogens is 492 g/mol. The van der Waals surface area contributed by atoms with Gasteiger partial charge in [-0.15, -0.1) is 0 Å². The fourth-order valence-electron chi connectivity index (χ4n) is 4.42. The van der Waals surface area contributed by atoms with Crippen molar-refractivity contribution in [2.24, 2.45) is 0 Å². The van der Waals surface area contributed by atoms with Gasteiger partial charge in [-0.1, -0.05) is 28.9 Å². The Kier molecular flexibility index (Phi) is 8.63. The van der Waals surface area contributed by atoms with Crippen LogP contribution in [0.2, 0.25) is 5.02 Å². The summed E-state index contributed by atoms with van der Waals surface area (Å²) < 4.78 is 12.5. The highest BCUT2D eigenvalue weighted by Gasteiger charge is 2.18. The smallest absolute Gasteiger partial charge is 0.329 e. The van der Waals surface area contributed by atoms with Crippen molar-refractivity contribution in [1.29, 1.82) is 0 Å². The fraction of sp³-hybridized carbons (Fsp3) is 0.321. The van der Waals surface area contributed by atoms with E-state index in [0.717, 1.165) is 71.0 Å². The Morgan fingerprint density at radius 1 is 1.14 bits per heavy atom. The zero-order valence-electron chi connectivity index (χ0n) is 21.3. The average Bonchev–Trinajstić information content (AvgIpc) is 3.51. The molecule has 0 saturated carbocycles. The Hall–Kier alpha value is -3.62. The van der Waals surface area contributed by atoms with Gasteiger partial charge in [0.1, 0.15) is 12.4 Å². The molecule has 194 valence electrons. The predicted molar refractivity (Wildman–Crippen MR) is 144 cm³/mol. The Morgan fingerprint density at radius 2 is 1.97 bits per heavy atom. The van der Waals surface area contributed by atoms with Gasteiger partial charge in [0.05, 0.1) is 22.7 Å². The minimum Gasteiger partial charge on any atom is -0.480 e. The van der Waals surface area contributed by atoms with Crippen LogP contribution in [0.4, 0.5) is 11.4 Å². The van der Waals surface area contributed by atoms with E-state index in [9.17, 15) is 4.79 Å². The number of carboxylic acid groups (broad SMARTS) is 1. The largest absolute Gasteiger partial charge is 0.480 e. The van der Waals surface area contributed by atoms with Gasteiger partial charge in [0.25, 0.3) is 0 Å². The molecule has 0 aliphatic rings. The highest BCUT2D eigenvalue weighted by atomic mass is 35.5.